The SMILES string of the molecule is CCCN(CCN(C)C)c1nc2c(s1)C(N)CC(C)(C)C2. The molecular weight excluding hydrogens is 280 g/mol. The number of thiazole rings is 1. The highest BCUT2D eigenvalue weighted by molar-refractivity contribution is 7.15. The van der Waals surface area contributed by atoms with Gasteiger partial charge in [0.25, 0.3) is 0 Å². The predicted molar refractivity (Wildman–Crippen MR) is 92.2 cm³/mol. The van der Waals surface area contributed by atoms with Crippen molar-refractivity contribution in [1.29, 1.82) is 0 Å². The molecule has 2 rings (SSSR count). The third-order valence-electron chi connectivity index (χ3n) is 4.05. The van der Waals surface area contributed by atoms with Gasteiger partial charge in [-0.05, 0) is 38.8 Å². The van der Waals surface area contributed by atoms with Crippen molar-refractivity contribution in [3.8, 4) is 0 Å². The Balaban J connectivity index is 2.19. The molecule has 120 valence electrons. The zero-order chi connectivity index (χ0) is 15.6. The van der Waals surface area contributed by atoms with E-state index in [1.54, 1.807) is 0 Å². The van der Waals surface area contributed by atoms with Crippen LogP contribution in [-0.4, -0.2) is 43.6 Å². The molecule has 1 aliphatic carbocycles. The van der Waals surface area contributed by atoms with Gasteiger partial charge >= 0.3 is 0 Å². The van der Waals surface area contributed by atoms with Crippen molar-refractivity contribution in [2.45, 2.75) is 46.1 Å². The van der Waals surface area contributed by atoms with Crippen molar-refractivity contribution >= 4 is 16.5 Å². The third kappa shape index (κ3) is 4.18. The summed E-state index contributed by atoms with van der Waals surface area (Å²) in [6, 6.07) is 0.160. The second-order valence-electron chi connectivity index (χ2n) is 7.25. The summed E-state index contributed by atoms with van der Waals surface area (Å²) in [7, 11) is 4.24. The molecule has 0 radical (unpaired) electrons. The summed E-state index contributed by atoms with van der Waals surface area (Å²) in [5.74, 6) is 0. The van der Waals surface area contributed by atoms with E-state index in [1.165, 1.54) is 10.6 Å². The molecule has 1 atom stereocenters. The molecule has 21 heavy (non-hydrogen) atoms. The first kappa shape index (κ1) is 16.7. The molecular formula is C16H30N4S. The van der Waals surface area contributed by atoms with Crippen LogP contribution >= 0.6 is 11.3 Å². The monoisotopic (exact) mass is 310 g/mol. The van der Waals surface area contributed by atoms with Gasteiger partial charge in [-0.25, -0.2) is 4.98 Å². The van der Waals surface area contributed by atoms with Crippen LogP contribution in [0, 0.1) is 5.41 Å². The fourth-order valence-corrected chi connectivity index (χ4v) is 4.14. The van der Waals surface area contributed by atoms with Gasteiger partial charge in [0.05, 0.1) is 5.69 Å². The van der Waals surface area contributed by atoms with Gasteiger partial charge < -0.3 is 15.5 Å². The maximum atomic E-state index is 6.38. The topological polar surface area (TPSA) is 45.4 Å². The fraction of sp³-hybridized carbons (Fsp3) is 0.812. The lowest BCUT2D eigenvalue weighted by atomic mass is 9.77. The van der Waals surface area contributed by atoms with Crippen molar-refractivity contribution < 1.29 is 0 Å². The Kier molecular flexibility index (Phi) is 5.28. The highest BCUT2D eigenvalue weighted by Gasteiger charge is 2.33. The molecule has 0 fully saturated rings. The average molecular weight is 311 g/mol. The number of fused-ring (bicyclic) bond motifs is 1. The van der Waals surface area contributed by atoms with Crippen LogP contribution in [0.1, 0.15) is 50.2 Å². The van der Waals surface area contributed by atoms with Crippen molar-refractivity contribution in [2.24, 2.45) is 11.1 Å². The highest BCUT2D eigenvalue weighted by Crippen LogP contribution is 2.43. The largest absolute Gasteiger partial charge is 0.347 e. The first-order valence-corrected chi connectivity index (χ1v) is 8.79. The summed E-state index contributed by atoms with van der Waals surface area (Å²) in [4.78, 5) is 10.9. The summed E-state index contributed by atoms with van der Waals surface area (Å²) in [6.07, 6.45) is 3.27. The minimum Gasteiger partial charge on any atom is -0.347 e. The van der Waals surface area contributed by atoms with Gasteiger partial charge in [-0.2, -0.15) is 0 Å². The number of hydrogen-bond acceptors (Lipinski definition) is 5. The maximum absolute atomic E-state index is 6.38. The van der Waals surface area contributed by atoms with E-state index in [0.717, 1.165) is 44.0 Å². The smallest absolute Gasteiger partial charge is 0.185 e. The van der Waals surface area contributed by atoms with E-state index in [1.807, 2.05) is 11.3 Å². The standard InChI is InChI=1S/C16H30N4S/c1-6-7-20(9-8-19(4)5)15-18-13-11-16(2,3)10-12(17)14(13)21-15/h12H,6-11,17H2,1-5H3. The van der Waals surface area contributed by atoms with E-state index in [4.69, 9.17) is 10.7 Å². The van der Waals surface area contributed by atoms with Crippen LogP contribution in [-0.2, 0) is 6.42 Å². The van der Waals surface area contributed by atoms with Gasteiger partial charge in [-0.1, -0.05) is 32.1 Å². The lowest BCUT2D eigenvalue weighted by molar-refractivity contribution is 0.282. The molecule has 1 aromatic rings. The lowest BCUT2D eigenvalue weighted by Gasteiger charge is -2.32. The summed E-state index contributed by atoms with van der Waals surface area (Å²) >= 11 is 1.82. The Labute approximate surface area is 133 Å². The van der Waals surface area contributed by atoms with Gasteiger partial charge in [-0.15, -0.1) is 0 Å². The van der Waals surface area contributed by atoms with Gasteiger partial charge in [0.2, 0.25) is 0 Å². The number of anilines is 1. The second kappa shape index (κ2) is 6.63. The molecule has 1 aromatic heterocycles. The number of nitrogens with two attached hydrogens (primary N) is 1. The van der Waals surface area contributed by atoms with Gasteiger partial charge in [-0.3, -0.25) is 0 Å². The van der Waals surface area contributed by atoms with Crippen molar-refractivity contribution in [1.82, 2.24) is 9.88 Å². The Morgan fingerprint density at radius 1 is 1.29 bits per heavy atom. The highest BCUT2D eigenvalue weighted by atomic mass is 32.1. The summed E-state index contributed by atoms with van der Waals surface area (Å²) in [5.41, 5.74) is 7.89. The summed E-state index contributed by atoms with van der Waals surface area (Å²) < 4.78 is 0. The second-order valence-corrected chi connectivity index (χ2v) is 8.26. The molecule has 1 aliphatic rings. The molecule has 0 saturated heterocycles. The van der Waals surface area contributed by atoms with E-state index in [0.29, 0.717) is 0 Å². The first-order valence-electron chi connectivity index (χ1n) is 7.97. The zero-order valence-corrected chi connectivity index (χ0v) is 15.0. The van der Waals surface area contributed by atoms with Crippen LogP contribution in [0.5, 0.6) is 0 Å². The number of nitrogens with zero attached hydrogens (tertiary/aromatic N) is 3. The van der Waals surface area contributed by atoms with E-state index in [9.17, 15) is 0 Å². The van der Waals surface area contributed by atoms with E-state index >= 15 is 0 Å². The molecule has 2 N–H and O–H groups in total. The number of hydrogen-bond donors (Lipinski definition) is 1. The Bertz CT molecular complexity index is 467. The van der Waals surface area contributed by atoms with E-state index in [2.05, 4.69) is 44.7 Å². The minimum absolute atomic E-state index is 0.160. The van der Waals surface area contributed by atoms with Gasteiger partial charge in [0.15, 0.2) is 5.13 Å². The Morgan fingerprint density at radius 3 is 2.62 bits per heavy atom. The fourth-order valence-electron chi connectivity index (χ4n) is 3.01. The van der Waals surface area contributed by atoms with Crippen LogP contribution in [0.4, 0.5) is 5.13 Å². The van der Waals surface area contributed by atoms with Crippen LogP contribution in [0.2, 0.25) is 0 Å². The first-order chi connectivity index (χ1) is 9.82. The van der Waals surface area contributed by atoms with Crippen LogP contribution in [0.25, 0.3) is 0 Å². The molecule has 0 bridgehead atoms. The Hall–Kier alpha value is -0.650. The molecule has 0 saturated carbocycles. The van der Waals surface area contributed by atoms with Crippen LogP contribution in [0.15, 0.2) is 0 Å². The van der Waals surface area contributed by atoms with Gasteiger partial charge in [0, 0.05) is 30.6 Å². The van der Waals surface area contributed by atoms with E-state index in [-0.39, 0.29) is 11.5 Å². The quantitative estimate of drug-likeness (QED) is 0.877. The maximum Gasteiger partial charge on any atom is 0.185 e. The van der Waals surface area contributed by atoms with Crippen LogP contribution in [0.3, 0.4) is 0 Å². The molecule has 5 heteroatoms. The predicted octanol–water partition coefficient (Wildman–Crippen LogP) is 2.89. The van der Waals surface area contributed by atoms with Crippen molar-refractivity contribution in [2.75, 3.05) is 38.6 Å². The van der Waals surface area contributed by atoms with Crippen molar-refractivity contribution in [3.63, 3.8) is 0 Å². The third-order valence-corrected chi connectivity index (χ3v) is 5.34. The molecule has 0 aromatic carbocycles. The van der Waals surface area contributed by atoms with Gasteiger partial charge in [0.1, 0.15) is 0 Å². The molecule has 0 amide bonds. The Morgan fingerprint density at radius 2 is 2.00 bits per heavy atom. The normalized spacial score (nSPS) is 20.6. The number of aromatic nitrogens is 1. The average Bonchev–Trinajstić information content (AvgIpc) is 2.76. The zero-order valence-electron chi connectivity index (χ0n) is 14.1. The summed E-state index contributed by atoms with van der Waals surface area (Å²) in [6.45, 7) is 9.98. The lowest BCUT2D eigenvalue weighted by Crippen LogP contribution is -2.32. The molecule has 1 unspecified atom stereocenters. The number of likely N-dealkylation sites (N-methyl/N-ethyl adjacent to an activating group) is 1. The molecule has 0 aliphatic heterocycles. The summed E-state index contributed by atoms with van der Waals surface area (Å²) in [5, 5.41) is 1.16. The minimum atomic E-state index is 0.160. The van der Waals surface area contributed by atoms with Crippen molar-refractivity contribution in [3.05, 3.63) is 10.6 Å². The molecule has 0 spiro atoms. The molecule has 4 nitrogen and oxygen atoms in total. The van der Waals surface area contributed by atoms with E-state index < -0.39 is 0 Å². The molecule has 1 heterocycles. The van der Waals surface area contributed by atoms with Crippen LogP contribution < -0.4 is 10.6 Å². The number of rotatable bonds is 6.